The number of phenolic OH excluding ortho intramolecular Hbond substituents is 1. The summed E-state index contributed by atoms with van der Waals surface area (Å²) in [5, 5.41) is 16.7. The van der Waals surface area contributed by atoms with Crippen molar-refractivity contribution >= 4 is 33.2 Å². The first-order valence-electron chi connectivity index (χ1n) is 10.8. The number of anilines is 2. The number of aromatic nitrogens is 2. The Kier molecular flexibility index (Phi) is 6.28. The minimum atomic E-state index is 0.290. The maximum absolute atomic E-state index is 9.45. The van der Waals surface area contributed by atoms with Gasteiger partial charge in [-0.25, -0.2) is 9.97 Å². The predicted octanol–water partition coefficient (Wildman–Crippen LogP) is 4.09. The van der Waals surface area contributed by atoms with Crippen LogP contribution >= 0.6 is 0 Å². The number of benzene rings is 2. The van der Waals surface area contributed by atoms with Crippen molar-refractivity contribution in [2.45, 2.75) is 32.8 Å². The average Bonchev–Trinajstić information content (AvgIpc) is 2.78. The predicted molar refractivity (Wildman–Crippen MR) is 130 cm³/mol. The van der Waals surface area contributed by atoms with Gasteiger partial charge in [0.1, 0.15) is 29.2 Å². The first kappa shape index (κ1) is 21.6. The molecule has 0 aliphatic carbocycles. The van der Waals surface area contributed by atoms with Crippen LogP contribution in [0, 0.1) is 13.8 Å². The third-order valence-corrected chi connectivity index (χ3v) is 5.78. The van der Waals surface area contributed by atoms with Gasteiger partial charge in [-0.3, -0.25) is 0 Å². The summed E-state index contributed by atoms with van der Waals surface area (Å²) in [5.74, 6) is 2.33. The molecular weight excluding hydrogens is 402 g/mol. The normalized spacial score (nSPS) is 14.2. The molecule has 32 heavy (non-hydrogen) atoms. The van der Waals surface area contributed by atoms with Crippen LogP contribution in [0.25, 0.3) is 21.5 Å². The molecule has 2 aromatic heterocycles. The van der Waals surface area contributed by atoms with Crippen LogP contribution in [0.3, 0.4) is 0 Å². The van der Waals surface area contributed by atoms with Gasteiger partial charge in [-0.1, -0.05) is 0 Å². The van der Waals surface area contributed by atoms with E-state index in [0.29, 0.717) is 17.7 Å². The standard InChI is InChI=1S/C15H19N3O.C10H10N2O/c1-10-8-13-11(2-7-18-15(13)16)9-14(10)19-12-3-5-17-6-4-12;1-6-4-8-7(5-9(6)13)2-3-12-10(8)11/h2,7-9,12,17H,3-6H2,1H3,(H2,16,18);2-5,13H,1H3,(H2,11,12). The maximum Gasteiger partial charge on any atom is 0.131 e. The second-order valence-corrected chi connectivity index (χ2v) is 8.16. The molecule has 7 nitrogen and oxygen atoms in total. The Morgan fingerprint density at radius 1 is 0.875 bits per heavy atom. The fourth-order valence-corrected chi connectivity index (χ4v) is 3.89. The minimum absolute atomic E-state index is 0.290. The molecule has 0 atom stereocenters. The highest BCUT2D eigenvalue weighted by Crippen LogP contribution is 2.29. The first-order valence-corrected chi connectivity index (χ1v) is 10.8. The molecule has 1 aliphatic rings. The van der Waals surface area contributed by atoms with Gasteiger partial charge in [0, 0.05) is 23.2 Å². The Labute approximate surface area is 187 Å². The zero-order valence-corrected chi connectivity index (χ0v) is 18.4. The highest BCUT2D eigenvalue weighted by Gasteiger charge is 2.16. The van der Waals surface area contributed by atoms with Gasteiger partial charge >= 0.3 is 0 Å². The van der Waals surface area contributed by atoms with Gasteiger partial charge in [-0.2, -0.15) is 0 Å². The van der Waals surface area contributed by atoms with Crippen molar-refractivity contribution in [2.24, 2.45) is 0 Å². The van der Waals surface area contributed by atoms with Gasteiger partial charge in [0.2, 0.25) is 0 Å². The fourth-order valence-electron chi connectivity index (χ4n) is 3.89. The number of nitrogen functional groups attached to an aromatic ring is 2. The van der Waals surface area contributed by atoms with E-state index in [-0.39, 0.29) is 5.75 Å². The number of nitrogens with zero attached hydrogens (tertiary/aromatic N) is 2. The molecular formula is C25H29N5O2. The molecule has 1 saturated heterocycles. The van der Waals surface area contributed by atoms with Gasteiger partial charge in [-0.05, 0) is 98.1 Å². The van der Waals surface area contributed by atoms with Crippen molar-refractivity contribution < 1.29 is 9.84 Å². The van der Waals surface area contributed by atoms with Crippen molar-refractivity contribution in [3.8, 4) is 11.5 Å². The number of rotatable bonds is 2. The molecule has 0 spiro atoms. The number of hydrogen-bond acceptors (Lipinski definition) is 7. The average molecular weight is 432 g/mol. The van der Waals surface area contributed by atoms with Crippen molar-refractivity contribution in [1.82, 2.24) is 15.3 Å². The number of hydrogen-bond donors (Lipinski definition) is 4. The number of aryl methyl sites for hydroxylation is 2. The SMILES string of the molecule is Cc1cc2c(N)nccc2cc1O.Cc1cc2c(N)nccc2cc1OC1CCNCC1. The molecule has 0 bridgehead atoms. The lowest BCUT2D eigenvalue weighted by atomic mass is 10.1. The third-order valence-electron chi connectivity index (χ3n) is 5.78. The molecule has 2 aromatic carbocycles. The van der Waals surface area contributed by atoms with Crippen LogP contribution in [0.15, 0.2) is 48.8 Å². The number of pyridine rings is 2. The van der Waals surface area contributed by atoms with E-state index in [2.05, 4.69) is 34.3 Å². The largest absolute Gasteiger partial charge is 0.508 e. The molecule has 0 radical (unpaired) electrons. The van der Waals surface area contributed by atoms with E-state index in [1.54, 1.807) is 18.5 Å². The summed E-state index contributed by atoms with van der Waals surface area (Å²) in [4.78, 5) is 8.10. The summed E-state index contributed by atoms with van der Waals surface area (Å²) in [5.41, 5.74) is 13.5. The van der Waals surface area contributed by atoms with E-state index in [9.17, 15) is 5.11 Å². The monoisotopic (exact) mass is 431 g/mol. The van der Waals surface area contributed by atoms with Crippen LogP contribution in [0.5, 0.6) is 11.5 Å². The highest BCUT2D eigenvalue weighted by atomic mass is 16.5. The third kappa shape index (κ3) is 4.68. The van der Waals surface area contributed by atoms with E-state index in [0.717, 1.165) is 64.4 Å². The number of nitrogens with one attached hydrogen (secondary N) is 1. The summed E-state index contributed by atoms with van der Waals surface area (Å²) in [7, 11) is 0. The molecule has 6 N–H and O–H groups in total. The van der Waals surface area contributed by atoms with Gasteiger partial charge in [-0.15, -0.1) is 0 Å². The number of fused-ring (bicyclic) bond motifs is 2. The number of ether oxygens (including phenoxy) is 1. The molecule has 166 valence electrons. The van der Waals surface area contributed by atoms with Crippen molar-refractivity contribution in [3.05, 3.63) is 59.9 Å². The molecule has 0 saturated carbocycles. The molecule has 7 heteroatoms. The maximum atomic E-state index is 9.45. The fraction of sp³-hybridized carbons (Fsp3) is 0.280. The molecule has 4 aromatic rings. The lowest BCUT2D eigenvalue weighted by Gasteiger charge is -2.25. The van der Waals surface area contributed by atoms with Gasteiger partial charge in [0.05, 0.1) is 0 Å². The van der Waals surface area contributed by atoms with Crippen LogP contribution in [-0.4, -0.2) is 34.3 Å². The topological polar surface area (TPSA) is 119 Å². The van der Waals surface area contributed by atoms with E-state index in [1.165, 1.54) is 0 Å². The number of piperidine rings is 1. The molecule has 1 fully saturated rings. The Morgan fingerprint density at radius 2 is 1.44 bits per heavy atom. The van der Waals surface area contributed by atoms with Gasteiger partial charge in [0.25, 0.3) is 0 Å². The number of aromatic hydroxyl groups is 1. The summed E-state index contributed by atoms with van der Waals surface area (Å²) < 4.78 is 6.13. The van der Waals surface area contributed by atoms with E-state index in [1.807, 2.05) is 25.1 Å². The zero-order chi connectivity index (χ0) is 22.7. The van der Waals surface area contributed by atoms with Crippen LogP contribution in [0.2, 0.25) is 0 Å². The van der Waals surface area contributed by atoms with Gasteiger partial charge in [0.15, 0.2) is 0 Å². The molecule has 0 unspecified atom stereocenters. The lowest BCUT2D eigenvalue weighted by molar-refractivity contribution is 0.161. The van der Waals surface area contributed by atoms with Crippen LogP contribution in [-0.2, 0) is 0 Å². The van der Waals surface area contributed by atoms with Crippen molar-refractivity contribution in [1.29, 1.82) is 0 Å². The highest BCUT2D eigenvalue weighted by molar-refractivity contribution is 5.93. The zero-order valence-electron chi connectivity index (χ0n) is 18.4. The van der Waals surface area contributed by atoms with Gasteiger partial charge < -0.3 is 26.6 Å². The smallest absolute Gasteiger partial charge is 0.131 e. The van der Waals surface area contributed by atoms with Crippen LogP contribution in [0.4, 0.5) is 11.6 Å². The Morgan fingerprint density at radius 3 is 2.06 bits per heavy atom. The lowest BCUT2D eigenvalue weighted by Crippen LogP contribution is -2.34. The van der Waals surface area contributed by atoms with Crippen molar-refractivity contribution in [3.63, 3.8) is 0 Å². The summed E-state index contributed by atoms with van der Waals surface area (Å²) in [6.45, 7) is 5.96. The molecule has 0 amide bonds. The minimum Gasteiger partial charge on any atom is -0.508 e. The first-order chi connectivity index (χ1) is 15.4. The second kappa shape index (κ2) is 9.28. The van der Waals surface area contributed by atoms with E-state index < -0.39 is 0 Å². The van der Waals surface area contributed by atoms with Crippen LogP contribution in [0.1, 0.15) is 24.0 Å². The van der Waals surface area contributed by atoms with E-state index in [4.69, 9.17) is 16.2 Å². The Balaban J connectivity index is 0.000000165. The van der Waals surface area contributed by atoms with Crippen molar-refractivity contribution in [2.75, 3.05) is 24.6 Å². The number of nitrogens with two attached hydrogens (primary N) is 2. The summed E-state index contributed by atoms with van der Waals surface area (Å²) in [6, 6.07) is 11.5. The summed E-state index contributed by atoms with van der Waals surface area (Å²) in [6.07, 6.45) is 5.82. The second-order valence-electron chi connectivity index (χ2n) is 8.16. The van der Waals surface area contributed by atoms with E-state index >= 15 is 0 Å². The Bertz CT molecular complexity index is 1250. The molecule has 5 rings (SSSR count). The number of phenols is 1. The quantitative estimate of drug-likeness (QED) is 0.377. The van der Waals surface area contributed by atoms with Crippen LogP contribution < -0.4 is 21.5 Å². The molecule has 3 heterocycles. The summed E-state index contributed by atoms with van der Waals surface area (Å²) >= 11 is 0. The Hall–Kier alpha value is -3.58. The molecule has 1 aliphatic heterocycles.